The highest BCUT2D eigenvalue weighted by molar-refractivity contribution is 7.80. The van der Waals surface area contributed by atoms with E-state index in [0.717, 1.165) is 10.9 Å². The topological polar surface area (TPSA) is 26.3 Å². The molecule has 3 aromatic rings. The van der Waals surface area contributed by atoms with Gasteiger partial charge in [-0.2, -0.15) is 0 Å². The van der Waals surface area contributed by atoms with E-state index < -0.39 is 7.92 Å². The number of benzene rings is 3. The molecule has 0 aliphatic heterocycles. The van der Waals surface area contributed by atoms with Crippen molar-refractivity contribution in [2.45, 2.75) is 33.3 Å². The first-order chi connectivity index (χ1) is 14.5. The molecule has 3 heteroatoms. The molecule has 0 amide bonds. The third-order valence-electron chi connectivity index (χ3n) is 4.95. The van der Waals surface area contributed by atoms with Gasteiger partial charge in [-0.1, -0.05) is 98.3 Å². The zero-order valence-corrected chi connectivity index (χ0v) is 18.8. The zero-order chi connectivity index (χ0) is 21.5. The van der Waals surface area contributed by atoms with Crippen LogP contribution in [0.4, 0.5) is 0 Å². The molecule has 0 aliphatic rings. The highest BCUT2D eigenvalue weighted by Gasteiger charge is 2.25. The quantitative estimate of drug-likeness (QED) is 0.272. The Bertz CT molecular complexity index is 941. The van der Waals surface area contributed by atoms with E-state index in [1.165, 1.54) is 10.6 Å². The lowest BCUT2D eigenvalue weighted by Crippen LogP contribution is -2.29. The summed E-state index contributed by atoms with van der Waals surface area (Å²) in [6, 6.07) is 28.7. The number of carbonyl (C=O) groups is 1. The first-order valence-electron chi connectivity index (χ1n) is 10.3. The minimum absolute atomic E-state index is 0.178. The number of hydrogen-bond acceptors (Lipinski definition) is 2. The third kappa shape index (κ3) is 5.46. The summed E-state index contributed by atoms with van der Waals surface area (Å²) in [5, 5.41) is 3.44. The van der Waals surface area contributed by atoms with Crippen LogP contribution in [0.3, 0.4) is 0 Å². The molecule has 0 aromatic heterocycles. The number of ether oxygens (including phenoxy) is 1. The predicted octanol–water partition coefficient (Wildman–Crippen LogP) is 5.59. The van der Waals surface area contributed by atoms with Gasteiger partial charge in [-0.15, -0.1) is 6.58 Å². The first kappa shape index (κ1) is 22.0. The van der Waals surface area contributed by atoms with Gasteiger partial charge in [0.2, 0.25) is 0 Å². The highest BCUT2D eigenvalue weighted by atomic mass is 31.1. The van der Waals surface area contributed by atoms with Crippen LogP contribution in [-0.2, 0) is 4.74 Å². The summed E-state index contributed by atoms with van der Waals surface area (Å²) < 4.78 is 5.98. The molecule has 0 N–H and O–H groups in total. The molecule has 0 bridgehead atoms. The summed E-state index contributed by atoms with van der Waals surface area (Å²) in [4.78, 5) is 13.3. The van der Waals surface area contributed by atoms with Crippen molar-refractivity contribution >= 4 is 29.8 Å². The molecule has 0 fully saturated rings. The Balaban J connectivity index is 2.03. The van der Waals surface area contributed by atoms with Crippen LogP contribution < -0.4 is 15.9 Å². The van der Waals surface area contributed by atoms with Crippen molar-refractivity contribution in [3.63, 3.8) is 0 Å². The fourth-order valence-corrected chi connectivity index (χ4v) is 5.82. The van der Waals surface area contributed by atoms with E-state index in [9.17, 15) is 4.79 Å². The summed E-state index contributed by atoms with van der Waals surface area (Å²) in [5.41, 5.74) is 1.66. The fourth-order valence-electron chi connectivity index (χ4n) is 3.38. The van der Waals surface area contributed by atoms with Gasteiger partial charge in [0.05, 0.1) is 5.56 Å². The fraction of sp³-hybridized carbons (Fsp3) is 0.222. The van der Waals surface area contributed by atoms with Crippen LogP contribution in [-0.4, -0.2) is 12.1 Å². The maximum atomic E-state index is 13.3. The van der Waals surface area contributed by atoms with Gasteiger partial charge in [0.25, 0.3) is 0 Å². The van der Waals surface area contributed by atoms with Gasteiger partial charge in [0.15, 0.2) is 0 Å². The van der Waals surface area contributed by atoms with E-state index in [4.69, 9.17) is 4.74 Å². The maximum absolute atomic E-state index is 13.3. The van der Waals surface area contributed by atoms with Gasteiger partial charge in [-0.25, -0.2) is 4.79 Å². The van der Waals surface area contributed by atoms with Crippen LogP contribution in [0.15, 0.2) is 97.1 Å². The minimum Gasteiger partial charge on any atom is -0.458 e. The molecule has 0 radical (unpaired) electrons. The molecular weight excluding hydrogens is 387 g/mol. The molecule has 154 valence electrons. The molecular formula is C27H29O2P. The Labute approximate surface area is 181 Å². The number of hydrogen-bond donors (Lipinski definition) is 0. The third-order valence-corrected chi connectivity index (χ3v) is 7.45. The molecule has 3 rings (SSSR count). The SMILES string of the molecule is C=C(C)C[C@@H](OC(=O)c1ccccc1P(c1ccccc1)c1ccccc1)C(C)C. The Morgan fingerprint density at radius 2 is 1.37 bits per heavy atom. The van der Waals surface area contributed by atoms with Crippen LogP contribution in [0.25, 0.3) is 0 Å². The van der Waals surface area contributed by atoms with Gasteiger partial charge >= 0.3 is 5.97 Å². The summed E-state index contributed by atoms with van der Waals surface area (Å²) in [6.07, 6.45) is 0.500. The molecule has 0 saturated heterocycles. The monoisotopic (exact) mass is 416 g/mol. The standard InChI is InChI=1S/C27H29O2P/c1-20(2)19-25(21(3)4)29-27(28)24-17-11-12-18-26(24)30(22-13-7-5-8-14-22)23-15-9-6-10-16-23/h5-18,21,25H,1,19H2,2-4H3/t25-/m1/s1. The molecule has 1 atom stereocenters. The average Bonchev–Trinajstić information content (AvgIpc) is 2.75. The van der Waals surface area contributed by atoms with E-state index in [0.29, 0.717) is 12.0 Å². The predicted molar refractivity (Wildman–Crippen MR) is 129 cm³/mol. The van der Waals surface area contributed by atoms with E-state index in [2.05, 4.69) is 75.0 Å². The Morgan fingerprint density at radius 3 is 1.87 bits per heavy atom. The molecule has 30 heavy (non-hydrogen) atoms. The Kier molecular flexibility index (Phi) is 7.60. The molecule has 0 aliphatic carbocycles. The number of esters is 1. The Morgan fingerprint density at radius 1 is 0.867 bits per heavy atom. The number of rotatable bonds is 8. The van der Waals surface area contributed by atoms with Crippen molar-refractivity contribution in [1.29, 1.82) is 0 Å². The van der Waals surface area contributed by atoms with Crippen LogP contribution >= 0.6 is 7.92 Å². The lowest BCUT2D eigenvalue weighted by Gasteiger charge is -2.24. The van der Waals surface area contributed by atoms with Crippen molar-refractivity contribution < 1.29 is 9.53 Å². The van der Waals surface area contributed by atoms with Crippen LogP contribution in [0.1, 0.15) is 37.6 Å². The normalized spacial score (nSPS) is 12.0. The van der Waals surface area contributed by atoms with Gasteiger partial charge in [0, 0.05) is 6.42 Å². The van der Waals surface area contributed by atoms with E-state index in [1.807, 2.05) is 37.3 Å². The second-order valence-electron chi connectivity index (χ2n) is 7.87. The van der Waals surface area contributed by atoms with Crippen molar-refractivity contribution in [3.8, 4) is 0 Å². The van der Waals surface area contributed by atoms with Gasteiger partial charge < -0.3 is 4.74 Å². The van der Waals surface area contributed by atoms with Crippen LogP contribution in [0.5, 0.6) is 0 Å². The van der Waals surface area contributed by atoms with E-state index >= 15 is 0 Å². The zero-order valence-electron chi connectivity index (χ0n) is 17.9. The molecule has 3 aromatic carbocycles. The summed E-state index contributed by atoms with van der Waals surface area (Å²) in [6.45, 7) is 10.1. The number of carbonyl (C=O) groups excluding carboxylic acids is 1. The maximum Gasteiger partial charge on any atom is 0.339 e. The van der Waals surface area contributed by atoms with E-state index in [-0.39, 0.29) is 18.0 Å². The van der Waals surface area contributed by atoms with Crippen LogP contribution in [0.2, 0.25) is 0 Å². The summed E-state index contributed by atoms with van der Waals surface area (Å²) in [7, 11) is -0.875. The molecule has 0 saturated carbocycles. The van der Waals surface area contributed by atoms with E-state index in [1.54, 1.807) is 0 Å². The van der Waals surface area contributed by atoms with Crippen molar-refractivity contribution in [3.05, 3.63) is 103 Å². The smallest absolute Gasteiger partial charge is 0.339 e. The largest absolute Gasteiger partial charge is 0.458 e. The van der Waals surface area contributed by atoms with Gasteiger partial charge in [0.1, 0.15) is 6.10 Å². The molecule has 0 spiro atoms. The lowest BCUT2D eigenvalue weighted by molar-refractivity contribution is 0.0188. The van der Waals surface area contributed by atoms with Crippen molar-refractivity contribution in [2.24, 2.45) is 5.92 Å². The van der Waals surface area contributed by atoms with Gasteiger partial charge in [-0.05, 0) is 42.7 Å². The average molecular weight is 417 g/mol. The second-order valence-corrected chi connectivity index (χ2v) is 10.1. The second kappa shape index (κ2) is 10.4. The molecule has 2 nitrogen and oxygen atoms in total. The first-order valence-corrected chi connectivity index (χ1v) is 11.7. The highest BCUT2D eigenvalue weighted by Crippen LogP contribution is 2.34. The van der Waals surface area contributed by atoms with Crippen molar-refractivity contribution in [2.75, 3.05) is 0 Å². The summed E-state index contributed by atoms with van der Waals surface area (Å²) in [5.74, 6) is -0.0347. The van der Waals surface area contributed by atoms with Crippen molar-refractivity contribution in [1.82, 2.24) is 0 Å². The van der Waals surface area contributed by atoms with Crippen LogP contribution in [0, 0.1) is 5.92 Å². The molecule has 0 unspecified atom stereocenters. The van der Waals surface area contributed by atoms with Gasteiger partial charge in [-0.3, -0.25) is 0 Å². The summed E-state index contributed by atoms with van der Waals surface area (Å²) >= 11 is 0. The Hall–Kier alpha value is -2.70. The lowest BCUT2D eigenvalue weighted by atomic mass is 10.0. The molecule has 0 heterocycles. The minimum atomic E-state index is -0.875.